The van der Waals surface area contributed by atoms with Crippen LogP contribution >= 0.6 is 0 Å². The Bertz CT molecular complexity index is 554. The van der Waals surface area contributed by atoms with Crippen LogP contribution in [-0.2, 0) is 10.0 Å². The van der Waals surface area contributed by atoms with E-state index in [-0.39, 0.29) is 22.4 Å². The number of nitrogens with one attached hydrogen (secondary N) is 1. The minimum atomic E-state index is -3.68. The quantitative estimate of drug-likeness (QED) is 0.838. The number of aromatic carboxylic acids is 1. The Morgan fingerprint density at radius 2 is 2.00 bits per heavy atom. The fourth-order valence-electron chi connectivity index (χ4n) is 1.58. The molecule has 0 bridgehead atoms. The van der Waals surface area contributed by atoms with E-state index in [1.165, 1.54) is 18.2 Å². The monoisotopic (exact) mass is 285 g/mol. The Morgan fingerprint density at radius 3 is 2.53 bits per heavy atom. The van der Waals surface area contributed by atoms with Gasteiger partial charge in [-0.1, -0.05) is 26.3 Å². The third-order valence-electron chi connectivity index (χ3n) is 3.23. The molecule has 0 saturated heterocycles. The number of benzene rings is 1. The van der Waals surface area contributed by atoms with Crippen LogP contribution in [-0.4, -0.2) is 25.5 Å². The molecule has 0 aliphatic rings. The van der Waals surface area contributed by atoms with Gasteiger partial charge in [-0.3, -0.25) is 0 Å². The van der Waals surface area contributed by atoms with Crippen molar-refractivity contribution in [1.29, 1.82) is 0 Å². The van der Waals surface area contributed by atoms with E-state index in [0.29, 0.717) is 0 Å². The highest BCUT2D eigenvalue weighted by molar-refractivity contribution is 7.89. The highest BCUT2D eigenvalue weighted by atomic mass is 32.2. The first kappa shape index (κ1) is 15.7. The van der Waals surface area contributed by atoms with Gasteiger partial charge in [0, 0.05) is 6.04 Å². The van der Waals surface area contributed by atoms with Crippen molar-refractivity contribution in [3.8, 4) is 0 Å². The minimum Gasteiger partial charge on any atom is -0.478 e. The molecule has 2 N–H and O–H groups in total. The molecule has 0 amide bonds. The Balaban J connectivity index is 3.01. The van der Waals surface area contributed by atoms with Crippen molar-refractivity contribution < 1.29 is 18.3 Å². The van der Waals surface area contributed by atoms with Crippen molar-refractivity contribution in [2.45, 2.75) is 38.1 Å². The van der Waals surface area contributed by atoms with E-state index < -0.39 is 16.0 Å². The smallest absolute Gasteiger partial charge is 0.335 e. The van der Waals surface area contributed by atoms with Gasteiger partial charge in [-0.15, -0.1) is 0 Å². The maximum atomic E-state index is 12.1. The Kier molecular flexibility index (Phi) is 5.08. The minimum absolute atomic E-state index is 0.0254. The molecular formula is C13H19NO4S. The van der Waals surface area contributed by atoms with Gasteiger partial charge in [-0.2, -0.15) is 0 Å². The van der Waals surface area contributed by atoms with Gasteiger partial charge in [0.15, 0.2) is 0 Å². The zero-order chi connectivity index (χ0) is 14.6. The summed E-state index contributed by atoms with van der Waals surface area (Å²) >= 11 is 0. The molecule has 19 heavy (non-hydrogen) atoms. The lowest BCUT2D eigenvalue weighted by atomic mass is 10.0. The predicted molar refractivity (Wildman–Crippen MR) is 72.6 cm³/mol. The van der Waals surface area contributed by atoms with Crippen LogP contribution < -0.4 is 4.72 Å². The Hall–Kier alpha value is -1.40. The molecule has 5 nitrogen and oxygen atoms in total. The van der Waals surface area contributed by atoms with Crippen LogP contribution in [0, 0.1) is 5.92 Å². The fraction of sp³-hybridized carbons (Fsp3) is 0.462. The summed E-state index contributed by atoms with van der Waals surface area (Å²) in [6.07, 6.45) is 0.860. The van der Waals surface area contributed by atoms with E-state index in [9.17, 15) is 13.2 Å². The summed E-state index contributed by atoms with van der Waals surface area (Å²) in [5, 5.41) is 8.87. The van der Waals surface area contributed by atoms with Crippen molar-refractivity contribution in [3.63, 3.8) is 0 Å². The molecule has 2 unspecified atom stereocenters. The molecule has 106 valence electrons. The van der Waals surface area contributed by atoms with E-state index in [4.69, 9.17) is 5.11 Å². The number of hydrogen-bond donors (Lipinski definition) is 2. The van der Waals surface area contributed by atoms with Crippen LogP contribution in [0.25, 0.3) is 0 Å². The first-order chi connectivity index (χ1) is 8.77. The third kappa shape index (κ3) is 4.04. The van der Waals surface area contributed by atoms with Crippen molar-refractivity contribution in [1.82, 2.24) is 4.72 Å². The number of hydrogen-bond acceptors (Lipinski definition) is 3. The summed E-state index contributed by atoms with van der Waals surface area (Å²) < 4.78 is 26.8. The molecule has 6 heteroatoms. The van der Waals surface area contributed by atoms with Gasteiger partial charge in [0.2, 0.25) is 10.0 Å². The fourth-order valence-corrected chi connectivity index (χ4v) is 2.98. The standard InChI is InChI=1S/C13H19NO4S/c1-4-9(2)10(3)14-19(17,18)12-7-5-6-11(8-12)13(15)16/h5-10,14H,4H2,1-3H3,(H,15,16). The summed E-state index contributed by atoms with van der Waals surface area (Å²) in [6, 6.07) is 5.13. The second-order valence-electron chi connectivity index (χ2n) is 4.63. The lowest BCUT2D eigenvalue weighted by Gasteiger charge is -2.19. The zero-order valence-electron chi connectivity index (χ0n) is 11.3. The van der Waals surface area contributed by atoms with Crippen LogP contribution in [0.2, 0.25) is 0 Å². The van der Waals surface area contributed by atoms with Crippen LogP contribution in [0.5, 0.6) is 0 Å². The van der Waals surface area contributed by atoms with Gasteiger partial charge in [-0.25, -0.2) is 17.9 Å². The highest BCUT2D eigenvalue weighted by Gasteiger charge is 2.21. The van der Waals surface area contributed by atoms with Crippen molar-refractivity contribution >= 4 is 16.0 Å². The number of carboxylic acids is 1. The molecule has 1 aromatic rings. The lowest BCUT2D eigenvalue weighted by molar-refractivity contribution is 0.0696. The highest BCUT2D eigenvalue weighted by Crippen LogP contribution is 2.15. The van der Waals surface area contributed by atoms with E-state index in [1.54, 1.807) is 6.92 Å². The molecule has 1 rings (SSSR count). The van der Waals surface area contributed by atoms with Gasteiger partial charge >= 0.3 is 5.97 Å². The van der Waals surface area contributed by atoms with Gasteiger partial charge in [-0.05, 0) is 31.0 Å². The zero-order valence-corrected chi connectivity index (χ0v) is 12.1. The molecule has 0 radical (unpaired) electrons. The molecule has 1 aromatic carbocycles. The number of carboxylic acid groups (broad SMARTS) is 1. The maximum absolute atomic E-state index is 12.1. The molecular weight excluding hydrogens is 266 g/mol. The molecule has 2 atom stereocenters. The van der Waals surface area contributed by atoms with Gasteiger partial charge in [0.1, 0.15) is 0 Å². The number of sulfonamides is 1. The first-order valence-corrected chi connectivity index (χ1v) is 7.62. The van der Waals surface area contributed by atoms with Gasteiger partial charge in [0.25, 0.3) is 0 Å². The summed E-state index contributed by atoms with van der Waals surface area (Å²) in [5.41, 5.74) is -0.0425. The molecule has 0 fully saturated rings. The normalized spacial score (nSPS) is 14.9. The van der Waals surface area contributed by atoms with Crippen molar-refractivity contribution in [2.75, 3.05) is 0 Å². The summed E-state index contributed by atoms with van der Waals surface area (Å²) in [6.45, 7) is 5.74. The molecule has 0 aromatic heterocycles. The second-order valence-corrected chi connectivity index (χ2v) is 6.34. The second kappa shape index (κ2) is 6.16. The average molecular weight is 285 g/mol. The summed E-state index contributed by atoms with van der Waals surface area (Å²) in [4.78, 5) is 10.8. The molecule has 0 aliphatic carbocycles. The summed E-state index contributed by atoms with van der Waals surface area (Å²) in [7, 11) is -3.68. The van der Waals surface area contributed by atoms with Crippen LogP contribution in [0.4, 0.5) is 0 Å². The van der Waals surface area contributed by atoms with E-state index in [0.717, 1.165) is 12.5 Å². The van der Waals surface area contributed by atoms with E-state index in [1.807, 2.05) is 13.8 Å². The Morgan fingerprint density at radius 1 is 1.37 bits per heavy atom. The third-order valence-corrected chi connectivity index (χ3v) is 4.79. The van der Waals surface area contributed by atoms with Crippen molar-refractivity contribution in [2.24, 2.45) is 5.92 Å². The molecule has 0 heterocycles. The van der Waals surface area contributed by atoms with E-state index in [2.05, 4.69) is 4.72 Å². The van der Waals surface area contributed by atoms with Crippen molar-refractivity contribution in [3.05, 3.63) is 29.8 Å². The van der Waals surface area contributed by atoms with Crippen LogP contribution in [0.3, 0.4) is 0 Å². The maximum Gasteiger partial charge on any atom is 0.335 e. The Labute approximate surface area is 113 Å². The average Bonchev–Trinajstić information content (AvgIpc) is 2.37. The predicted octanol–water partition coefficient (Wildman–Crippen LogP) is 2.10. The molecule has 0 aliphatic heterocycles. The van der Waals surface area contributed by atoms with Crippen LogP contribution in [0.1, 0.15) is 37.6 Å². The number of rotatable bonds is 6. The van der Waals surface area contributed by atoms with E-state index >= 15 is 0 Å². The number of carbonyl (C=O) groups is 1. The lowest BCUT2D eigenvalue weighted by Crippen LogP contribution is -2.36. The van der Waals surface area contributed by atoms with Gasteiger partial charge < -0.3 is 5.11 Å². The SMILES string of the molecule is CCC(C)C(C)NS(=O)(=O)c1cccc(C(=O)O)c1. The topological polar surface area (TPSA) is 83.5 Å². The summed E-state index contributed by atoms with van der Waals surface area (Å²) in [5.74, 6) is -0.940. The first-order valence-electron chi connectivity index (χ1n) is 6.13. The molecule has 0 spiro atoms. The molecule has 0 saturated carbocycles. The van der Waals surface area contributed by atoms with Gasteiger partial charge in [0.05, 0.1) is 10.5 Å². The van der Waals surface area contributed by atoms with Crippen LogP contribution in [0.15, 0.2) is 29.2 Å². The largest absolute Gasteiger partial charge is 0.478 e.